The monoisotopic (exact) mass is 308 g/mol. The molecule has 2 aromatic rings. The lowest BCUT2D eigenvalue weighted by atomic mass is 10.2. The highest BCUT2D eigenvalue weighted by atomic mass is 35.5. The smallest absolute Gasteiger partial charge is 0.205 e. The summed E-state index contributed by atoms with van der Waals surface area (Å²) in [5.41, 5.74) is 1.82. The lowest BCUT2D eigenvalue weighted by Crippen LogP contribution is -2.03. The molecule has 0 aliphatic heterocycles. The molecule has 0 saturated heterocycles. The molecule has 0 radical (unpaired) electrons. The molecule has 1 aromatic carbocycles. The van der Waals surface area contributed by atoms with Crippen LogP contribution in [0.2, 0.25) is 5.15 Å². The Labute approximate surface area is 128 Å². The molecule has 0 bridgehead atoms. The third-order valence-electron chi connectivity index (χ3n) is 2.98. The maximum atomic E-state index is 5.77. The Bertz CT molecular complexity index is 603. The minimum absolute atomic E-state index is 0.474. The number of aromatic nitrogens is 1. The highest BCUT2D eigenvalue weighted by molar-refractivity contribution is 6.29. The second-order valence-electron chi connectivity index (χ2n) is 4.22. The van der Waals surface area contributed by atoms with Gasteiger partial charge in [0.25, 0.3) is 0 Å². The van der Waals surface area contributed by atoms with Crippen LogP contribution in [0.15, 0.2) is 30.5 Å². The van der Waals surface area contributed by atoms with Crippen LogP contribution >= 0.6 is 11.6 Å². The number of nitrogens with one attached hydrogen (secondary N) is 1. The van der Waals surface area contributed by atoms with E-state index >= 15 is 0 Å². The van der Waals surface area contributed by atoms with E-state index < -0.39 is 0 Å². The summed E-state index contributed by atoms with van der Waals surface area (Å²) in [5, 5.41) is 3.76. The van der Waals surface area contributed by atoms with Gasteiger partial charge < -0.3 is 19.5 Å². The van der Waals surface area contributed by atoms with E-state index in [0.717, 1.165) is 11.3 Å². The van der Waals surface area contributed by atoms with E-state index in [4.69, 9.17) is 25.8 Å². The highest BCUT2D eigenvalue weighted by Crippen LogP contribution is 2.42. The van der Waals surface area contributed by atoms with Crippen molar-refractivity contribution >= 4 is 17.3 Å². The van der Waals surface area contributed by atoms with Gasteiger partial charge in [-0.05, 0) is 23.8 Å². The van der Waals surface area contributed by atoms with Crippen molar-refractivity contribution in [3.63, 3.8) is 0 Å². The van der Waals surface area contributed by atoms with Gasteiger partial charge in [0.05, 0.1) is 27.0 Å². The molecule has 0 unspecified atom stereocenters. The molecular formula is C15H17ClN2O3. The molecule has 1 heterocycles. The van der Waals surface area contributed by atoms with E-state index in [0.29, 0.717) is 28.9 Å². The van der Waals surface area contributed by atoms with Crippen molar-refractivity contribution in [1.82, 2.24) is 4.98 Å². The first-order valence-corrected chi connectivity index (χ1v) is 6.70. The molecule has 0 atom stereocenters. The summed E-state index contributed by atoms with van der Waals surface area (Å²) in [6.45, 7) is 0.593. The SMILES string of the molecule is COc1ccc(NCc2ccc(Cl)nc2)c(OC)c1OC. The first kappa shape index (κ1) is 15.3. The van der Waals surface area contributed by atoms with Gasteiger partial charge in [0, 0.05) is 12.7 Å². The van der Waals surface area contributed by atoms with Crippen LogP contribution in [0.1, 0.15) is 5.56 Å². The molecule has 0 amide bonds. The van der Waals surface area contributed by atoms with Gasteiger partial charge in [0.1, 0.15) is 5.15 Å². The van der Waals surface area contributed by atoms with Gasteiger partial charge in [-0.3, -0.25) is 0 Å². The van der Waals surface area contributed by atoms with Gasteiger partial charge in [-0.15, -0.1) is 0 Å². The van der Waals surface area contributed by atoms with Crippen molar-refractivity contribution in [2.45, 2.75) is 6.54 Å². The highest BCUT2D eigenvalue weighted by Gasteiger charge is 2.15. The van der Waals surface area contributed by atoms with Crippen molar-refractivity contribution in [2.24, 2.45) is 0 Å². The van der Waals surface area contributed by atoms with Crippen LogP contribution in [0.5, 0.6) is 17.2 Å². The number of pyridine rings is 1. The third-order valence-corrected chi connectivity index (χ3v) is 3.20. The van der Waals surface area contributed by atoms with Crippen molar-refractivity contribution < 1.29 is 14.2 Å². The summed E-state index contributed by atoms with van der Waals surface area (Å²) < 4.78 is 16.0. The molecule has 2 rings (SSSR count). The number of ether oxygens (including phenoxy) is 3. The summed E-state index contributed by atoms with van der Waals surface area (Å²) in [7, 11) is 4.75. The van der Waals surface area contributed by atoms with E-state index in [9.17, 15) is 0 Å². The third kappa shape index (κ3) is 3.49. The van der Waals surface area contributed by atoms with E-state index in [1.165, 1.54) is 0 Å². The molecule has 1 aromatic heterocycles. The number of anilines is 1. The van der Waals surface area contributed by atoms with Crippen molar-refractivity contribution in [1.29, 1.82) is 0 Å². The zero-order valence-corrected chi connectivity index (χ0v) is 12.9. The number of halogens is 1. The van der Waals surface area contributed by atoms with E-state index in [-0.39, 0.29) is 0 Å². The van der Waals surface area contributed by atoms with Crippen molar-refractivity contribution in [3.8, 4) is 17.2 Å². The van der Waals surface area contributed by atoms with Crippen LogP contribution in [0.3, 0.4) is 0 Å². The fraction of sp³-hybridized carbons (Fsp3) is 0.267. The molecule has 112 valence electrons. The average molecular weight is 309 g/mol. The molecule has 5 nitrogen and oxygen atoms in total. The summed E-state index contributed by atoms with van der Waals surface area (Å²) in [6, 6.07) is 7.37. The predicted molar refractivity (Wildman–Crippen MR) is 82.7 cm³/mol. The molecule has 6 heteroatoms. The summed E-state index contributed by atoms with van der Waals surface area (Å²) in [6.07, 6.45) is 1.72. The molecule has 0 aliphatic rings. The number of rotatable bonds is 6. The Morgan fingerprint density at radius 1 is 1.00 bits per heavy atom. The quantitative estimate of drug-likeness (QED) is 0.829. The second kappa shape index (κ2) is 7.04. The van der Waals surface area contributed by atoms with E-state index in [1.807, 2.05) is 18.2 Å². The van der Waals surface area contributed by atoms with Crippen molar-refractivity contribution in [2.75, 3.05) is 26.6 Å². The van der Waals surface area contributed by atoms with Gasteiger partial charge in [-0.1, -0.05) is 17.7 Å². The molecule has 0 saturated carbocycles. The Hall–Kier alpha value is -2.14. The summed E-state index contributed by atoms with van der Waals surface area (Å²) in [5.74, 6) is 1.77. The van der Waals surface area contributed by atoms with Gasteiger partial charge in [0.2, 0.25) is 5.75 Å². The lowest BCUT2D eigenvalue weighted by Gasteiger charge is -2.16. The second-order valence-corrected chi connectivity index (χ2v) is 4.61. The van der Waals surface area contributed by atoms with Crippen LogP contribution in [-0.2, 0) is 6.54 Å². The molecule has 0 fully saturated rings. The Morgan fingerprint density at radius 2 is 1.76 bits per heavy atom. The maximum Gasteiger partial charge on any atom is 0.205 e. The number of nitrogens with zero attached hydrogens (tertiary/aromatic N) is 1. The molecular weight excluding hydrogens is 292 g/mol. The summed E-state index contributed by atoms with van der Waals surface area (Å²) >= 11 is 5.77. The van der Waals surface area contributed by atoms with E-state index in [2.05, 4.69) is 10.3 Å². The predicted octanol–water partition coefficient (Wildman–Crippen LogP) is 3.37. The first-order chi connectivity index (χ1) is 10.2. The molecule has 0 aliphatic carbocycles. The molecule has 1 N–H and O–H groups in total. The Morgan fingerprint density at radius 3 is 2.33 bits per heavy atom. The molecule has 0 spiro atoms. The van der Waals surface area contributed by atoms with Crippen molar-refractivity contribution in [3.05, 3.63) is 41.2 Å². The fourth-order valence-corrected chi connectivity index (χ4v) is 2.06. The standard InChI is InChI=1S/C15H17ClN2O3/c1-19-12-6-5-11(14(20-2)15(12)21-3)17-8-10-4-7-13(16)18-9-10/h4-7,9,17H,8H2,1-3H3. The van der Waals surface area contributed by atoms with Crippen LogP contribution in [0.25, 0.3) is 0 Å². The summed E-state index contributed by atoms with van der Waals surface area (Å²) in [4.78, 5) is 4.04. The number of hydrogen-bond donors (Lipinski definition) is 1. The zero-order chi connectivity index (χ0) is 15.2. The minimum atomic E-state index is 0.474. The number of benzene rings is 1. The zero-order valence-electron chi connectivity index (χ0n) is 12.1. The number of hydrogen-bond acceptors (Lipinski definition) is 5. The first-order valence-electron chi connectivity index (χ1n) is 6.33. The number of methoxy groups -OCH3 is 3. The average Bonchev–Trinajstić information content (AvgIpc) is 2.53. The Balaban J connectivity index is 2.21. The van der Waals surface area contributed by atoms with Gasteiger partial charge in [-0.2, -0.15) is 0 Å². The Kier molecular flexibility index (Phi) is 5.11. The van der Waals surface area contributed by atoms with E-state index in [1.54, 1.807) is 33.6 Å². The minimum Gasteiger partial charge on any atom is -0.493 e. The van der Waals surface area contributed by atoms with Crippen LogP contribution < -0.4 is 19.5 Å². The van der Waals surface area contributed by atoms with Gasteiger partial charge in [-0.25, -0.2) is 4.98 Å². The van der Waals surface area contributed by atoms with Gasteiger partial charge >= 0.3 is 0 Å². The lowest BCUT2D eigenvalue weighted by molar-refractivity contribution is 0.325. The van der Waals surface area contributed by atoms with Gasteiger partial charge in [0.15, 0.2) is 11.5 Å². The largest absolute Gasteiger partial charge is 0.493 e. The normalized spacial score (nSPS) is 10.1. The van der Waals surface area contributed by atoms with Crippen LogP contribution in [0.4, 0.5) is 5.69 Å². The van der Waals surface area contributed by atoms with Crippen LogP contribution in [0, 0.1) is 0 Å². The maximum absolute atomic E-state index is 5.77. The fourth-order valence-electron chi connectivity index (χ4n) is 1.95. The van der Waals surface area contributed by atoms with Crippen LogP contribution in [-0.4, -0.2) is 26.3 Å². The molecule has 21 heavy (non-hydrogen) atoms. The topological polar surface area (TPSA) is 52.6 Å².